The highest BCUT2D eigenvalue weighted by Crippen LogP contribution is 2.14. The number of carbonyl (C=O) groups is 1. The highest BCUT2D eigenvalue weighted by atomic mass is 32.1. The average Bonchev–Trinajstić information content (AvgIpc) is 3.13. The normalized spacial score (nSPS) is 18.0. The van der Waals surface area contributed by atoms with Gasteiger partial charge >= 0.3 is 0 Å². The number of nitrogens with zero attached hydrogens (tertiary/aromatic N) is 2. The molecule has 0 bridgehead atoms. The summed E-state index contributed by atoms with van der Waals surface area (Å²) in [5.74, 6) is 0.692. The Kier molecular flexibility index (Phi) is 8.76. The topological polar surface area (TPSA) is 66.0 Å². The fourth-order valence-corrected chi connectivity index (χ4v) is 3.32. The van der Waals surface area contributed by atoms with Crippen LogP contribution in [0.5, 0.6) is 0 Å². The van der Waals surface area contributed by atoms with Gasteiger partial charge in [0.1, 0.15) is 6.54 Å². The van der Waals surface area contributed by atoms with Crippen LogP contribution in [0.1, 0.15) is 30.6 Å². The number of carbonyl (C=O) groups excluding carboxylic acids is 1. The Hall–Kier alpha value is -1.60. The van der Waals surface area contributed by atoms with Crippen molar-refractivity contribution in [1.82, 2.24) is 15.5 Å². The molecule has 1 aliphatic heterocycles. The summed E-state index contributed by atoms with van der Waals surface area (Å²) in [6, 6.07) is 4.19. The van der Waals surface area contributed by atoms with Crippen molar-refractivity contribution in [3.05, 3.63) is 22.4 Å². The zero-order chi connectivity index (χ0) is 17.9. The molecule has 6 nitrogen and oxygen atoms in total. The molecule has 1 atom stereocenters. The predicted octanol–water partition coefficient (Wildman–Crippen LogP) is 1.87. The molecule has 0 aromatic carbocycles. The molecule has 2 rings (SSSR count). The van der Waals surface area contributed by atoms with Crippen LogP contribution in [0.3, 0.4) is 0 Å². The van der Waals surface area contributed by atoms with Crippen LogP contribution in [0.2, 0.25) is 0 Å². The molecule has 7 heteroatoms. The Labute approximate surface area is 154 Å². The van der Waals surface area contributed by atoms with Gasteiger partial charge in [0.25, 0.3) is 0 Å². The summed E-state index contributed by atoms with van der Waals surface area (Å²) in [6.45, 7) is 2.62. The Morgan fingerprint density at radius 1 is 1.36 bits per heavy atom. The highest BCUT2D eigenvalue weighted by molar-refractivity contribution is 7.09. The van der Waals surface area contributed by atoms with E-state index in [1.165, 1.54) is 17.7 Å². The number of guanidine groups is 1. The molecule has 1 aromatic rings. The van der Waals surface area contributed by atoms with E-state index in [0.717, 1.165) is 39.0 Å². The molecule has 2 heterocycles. The van der Waals surface area contributed by atoms with E-state index < -0.39 is 0 Å². The van der Waals surface area contributed by atoms with Gasteiger partial charge in [0, 0.05) is 38.7 Å². The zero-order valence-electron chi connectivity index (χ0n) is 15.3. The first-order valence-electron chi connectivity index (χ1n) is 9.01. The maximum atomic E-state index is 11.8. The molecule has 1 fully saturated rings. The molecule has 1 aromatic heterocycles. The fraction of sp³-hybridized carbons (Fsp3) is 0.667. The van der Waals surface area contributed by atoms with Crippen LogP contribution < -0.4 is 10.6 Å². The number of ether oxygens (including phenoxy) is 1. The van der Waals surface area contributed by atoms with E-state index in [4.69, 9.17) is 4.74 Å². The van der Waals surface area contributed by atoms with Crippen LogP contribution in [-0.4, -0.2) is 63.2 Å². The number of aliphatic imine (C=N–C) groups is 1. The van der Waals surface area contributed by atoms with E-state index >= 15 is 0 Å². The molecule has 0 saturated carbocycles. The summed E-state index contributed by atoms with van der Waals surface area (Å²) >= 11 is 1.76. The maximum absolute atomic E-state index is 11.8. The van der Waals surface area contributed by atoms with Crippen LogP contribution in [0.25, 0.3) is 0 Å². The quantitative estimate of drug-likeness (QED) is 0.545. The lowest BCUT2D eigenvalue weighted by molar-refractivity contribution is -0.127. The van der Waals surface area contributed by atoms with E-state index in [2.05, 4.69) is 33.1 Å². The summed E-state index contributed by atoms with van der Waals surface area (Å²) in [6.07, 6.45) is 5.82. The lowest BCUT2D eigenvalue weighted by atomic mass is 10.1. The fourth-order valence-electron chi connectivity index (χ4n) is 2.61. The molecule has 140 valence electrons. The van der Waals surface area contributed by atoms with Crippen LogP contribution >= 0.6 is 11.3 Å². The monoisotopic (exact) mass is 366 g/mol. The predicted molar refractivity (Wildman–Crippen MR) is 103 cm³/mol. The van der Waals surface area contributed by atoms with E-state index in [1.807, 2.05) is 0 Å². The van der Waals surface area contributed by atoms with Crippen molar-refractivity contribution in [1.29, 1.82) is 0 Å². The van der Waals surface area contributed by atoms with Crippen molar-refractivity contribution in [3.8, 4) is 0 Å². The largest absolute Gasteiger partial charge is 0.378 e. The minimum Gasteiger partial charge on any atom is -0.378 e. The van der Waals surface area contributed by atoms with E-state index in [0.29, 0.717) is 12.1 Å². The molecule has 1 amide bonds. The van der Waals surface area contributed by atoms with Crippen molar-refractivity contribution in [2.24, 2.45) is 4.99 Å². The first-order chi connectivity index (χ1) is 12.1. The van der Waals surface area contributed by atoms with Crippen molar-refractivity contribution in [2.45, 2.75) is 38.2 Å². The van der Waals surface area contributed by atoms with Gasteiger partial charge in [-0.3, -0.25) is 4.79 Å². The van der Waals surface area contributed by atoms with Crippen molar-refractivity contribution in [2.75, 3.05) is 40.3 Å². The molecule has 0 spiro atoms. The van der Waals surface area contributed by atoms with Crippen LogP contribution in [0, 0.1) is 0 Å². The number of thiophene rings is 1. The Morgan fingerprint density at radius 2 is 2.20 bits per heavy atom. The van der Waals surface area contributed by atoms with Gasteiger partial charge < -0.3 is 20.3 Å². The van der Waals surface area contributed by atoms with Gasteiger partial charge in [-0.15, -0.1) is 11.3 Å². The second kappa shape index (κ2) is 11.1. The highest BCUT2D eigenvalue weighted by Gasteiger charge is 2.13. The first-order valence-corrected chi connectivity index (χ1v) is 9.89. The Bertz CT molecular complexity index is 525. The van der Waals surface area contributed by atoms with E-state index in [-0.39, 0.29) is 12.5 Å². The first kappa shape index (κ1) is 19.7. The third-order valence-electron chi connectivity index (χ3n) is 4.15. The van der Waals surface area contributed by atoms with Crippen molar-refractivity contribution < 1.29 is 9.53 Å². The second-order valence-electron chi connectivity index (χ2n) is 6.41. The van der Waals surface area contributed by atoms with Crippen LogP contribution in [-0.2, 0) is 16.0 Å². The molecular weight excluding hydrogens is 336 g/mol. The number of amides is 1. The third kappa shape index (κ3) is 7.88. The summed E-state index contributed by atoms with van der Waals surface area (Å²) in [5, 5.41) is 8.74. The Morgan fingerprint density at radius 3 is 2.88 bits per heavy atom. The minimum atomic E-state index is -0.00466. The summed E-state index contributed by atoms with van der Waals surface area (Å²) in [7, 11) is 3.49. The second-order valence-corrected chi connectivity index (χ2v) is 7.45. The number of likely N-dealkylation sites (N-methyl/N-ethyl adjacent to an activating group) is 1. The molecule has 1 saturated heterocycles. The van der Waals surface area contributed by atoms with Gasteiger partial charge in [0.15, 0.2) is 5.96 Å². The SMILES string of the molecule is CN(C)C(=O)CN=C(NCCc1cccs1)NCCC1CCCCO1. The average molecular weight is 367 g/mol. The lowest BCUT2D eigenvalue weighted by Gasteiger charge is -2.23. The van der Waals surface area contributed by atoms with Crippen molar-refractivity contribution >= 4 is 23.2 Å². The molecule has 2 N–H and O–H groups in total. The van der Waals surface area contributed by atoms with Crippen LogP contribution in [0.4, 0.5) is 0 Å². The lowest BCUT2D eigenvalue weighted by Crippen LogP contribution is -2.40. The summed E-state index contributed by atoms with van der Waals surface area (Å²) < 4.78 is 5.76. The molecule has 0 aliphatic carbocycles. The number of hydrogen-bond acceptors (Lipinski definition) is 4. The van der Waals surface area contributed by atoms with E-state index in [9.17, 15) is 4.79 Å². The minimum absolute atomic E-state index is 0.00466. The van der Waals surface area contributed by atoms with Crippen LogP contribution in [0.15, 0.2) is 22.5 Å². The number of hydrogen-bond donors (Lipinski definition) is 2. The van der Waals surface area contributed by atoms with E-state index in [1.54, 1.807) is 30.3 Å². The molecule has 1 aliphatic rings. The number of nitrogens with one attached hydrogen (secondary N) is 2. The standard InChI is InChI=1S/C18H30N4O2S/c1-22(2)17(23)14-21-18(20-11-9-16-7-5-13-25-16)19-10-8-15-6-3-4-12-24-15/h5,7,13,15H,3-4,6,8-12,14H2,1-2H3,(H2,19,20,21). The molecule has 25 heavy (non-hydrogen) atoms. The zero-order valence-corrected chi connectivity index (χ0v) is 16.1. The van der Waals surface area contributed by atoms with Gasteiger partial charge in [-0.2, -0.15) is 0 Å². The third-order valence-corrected chi connectivity index (χ3v) is 5.08. The number of rotatable bonds is 8. The maximum Gasteiger partial charge on any atom is 0.243 e. The summed E-state index contributed by atoms with van der Waals surface area (Å²) in [4.78, 5) is 19.1. The van der Waals surface area contributed by atoms with Crippen molar-refractivity contribution in [3.63, 3.8) is 0 Å². The molecule has 0 radical (unpaired) electrons. The van der Waals surface area contributed by atoms with Gasteiger partial charge in [-0.1, -0.05) is 6.07 Å². The summed E-state index contributed by atoms with van der Waals surface area (Å²) in [5.41, 5.74) is 0. The van der Waals surface area contributed by atoms with Gasteiger partial charge in [-0.05, 0) is 43.6 Å². The Balaban J connectivity index is 1.77. The van der Waals surface area contributed by atoms with Gasteiger partial charge in [-0.25, -0.2) is 4.99 Å². The molecular formula is C18H30N4O2S. The van der Waals surface area contributed by atoms with Gasteiger partial charge in [0.05, 0.1) is 6.10 Å². The molecule has 1 unspecified atom stereocenters. The smallest absolute Gasteiger partial charge is 0.243 e. The van der Waals surface area contributed by atoms with Gasteiger partial charge in [0.2, 0.25) is 5.91 Å².